The Balaban J connectivity index is 1.83. The van der Waals surface area contributed by atoms with Crippen molar-refractivity contribution in [2.75, 3.05) is 24.7 Å². The molecule has 0 aliphatic carbocycles. The summed E-state index contributed by atoms with van der Waals surface area (Å²) in [6.45, 7) is 1.64. The molecule has 0 saturated carbocycles. The number of hydrogen-bond acceptors (Lipinski definition) is 5. The lowest BCUT2D eigenvalue weighted by atomic mass is 10.1. The van der Waals surface area contributed by atoms with Crippen LogP contribution >= 0.6 is 11.6 Å². The maximum absolute atomic E-state index is 12.8. The number of pyridine rings is 1. The lowest BCUT2D eigenvalue weighted by Crippen LogP contribution is -2.24. The molecule has 0 aliphatic rings. The third kappa shape index (κ3) is 4.66. The Hall–Kier alpha value is -3.65. The molecule has 2 heterocycles. The molecule has 3 aromatic rings. The lowest BCUT2D eigenvalue weighted by Gasteiger charge is -2.14. The molecule has 0 aliphatic heterocycles. The van der Waals surface area contributed by atoms with E-state index in [1.807, 2.05) is 0 Å². The first-order valence-corrected chi connectivity index (χ1v) is 9.29. The minimum Gasteiger partial charge on any atom is -0.459 e. The predicted octanol–water partition coefficient (Wildman–Crippen LogP) is 3.84. The largest absolute Gasteiger partial charge is 0.459 e. The quantitative estimate of drug-likeness (QED) is 0.644. The molecule has 3 amide bonds. The molecular formula is C21H19ClN4O4. The second-order valence-corrected chi connectivity index (χ2v) is 7.04. The first-order chi connectivity index (χ1) is 14.3. The smallest absolute Gasteiger partial charge is 0.291 e. The summed E-state index contributed by atoms with van der Waals surface area (Å²) in [5.74, 6) is -1.07. The molecule has 0 fully saturated rings. The van der Waals surface area contributed by atoms with E-state index in [9.17, 15) is 14.4 Å². The first kappa shape index (κ1) is 21.1. The van der Waals surface area contributed by atoms with Gasteiger partial charge in [-0.2, -0.15) is 0 Å². The Morgan fingerprint density at radius 1 is 1.00 bits per heavy atom. The van der Waals surface area contributed by atoms with Gasteiger partial charge in [0.2, 0.25) is 0 Å². The molecular weight excluding hydrogens is 408 g/mol. The van der Waals surface area contributed by atoms with Crippen molar-refractivity contribution in [2.24, 2.45) is 0 Å². The second-order valence-electron chi connectivity index (χ2n) is 6.60. The number of carbonyl (C=O) groups is 3. The molecule has 0 bridgehead atoms. The Bertz CT molecular complexity index is 1110. The fourth-order valence-corrected chi connectivity index (χ4v) is 2.83. The van der Waals surface area contributed by atoms with Gasteiger partial charge in [-0.15, -0.1) is 0 Å². The molecule has 3 rings (SSSR count). The summed E-state index contributed by atoms with van der Waals surface area (Å²) < 4.78 is 5.08. The molecule has 2 aromatic heterocycles. The minimum absolute atomic E-state index is 0.119. The number of aromatic nitrogens is 1. The third-order valence-corrected chi connectivity index (χ3v) is 4.41. The number of nitrogens with one attached hydrogen (secondary N) is 2. The summed E-state index contributed by atoms with van der Waals surface area (Å²) in [6, 6.07) is 10.8. The molecule has 0 radical (unpaired) electrons. The summed E-state index contributed by atoms with van der Waals surface area (Å²) in [6.07, 6.45) is 1.38. The second kappa shape index (κ2) is 8.79. The van der Waals surface area contributed by atoms with E-state index in [0.29, 0.717) is 27.7 Å². The molecule has 8 nitrogen and oxygen atoms in total. The standard InChI is InChI=1S/C21H19ClN4O4/c1-12-14(7-9-16(23-12)21(29)26(2)3)19(27)24-15-8-6-13(22)11-17(15)25-20(28)18-5-4-10-30-18/h4-11H,1-3H3,(H,24,27)(H,25,28). The zero-order valence-corrected chi connectivity index (χ0v) is 17.3. The number of amides is 3. The van der Waals surface area contributed by atoms with Crippen LogP contribution in [-0.2, 0) is 0 Å². The van der Waals surface area contributed by atoms with Crippen molar-refractivity contribution < 1.29 is 18.8 Å². The van der Waals surface area contributed by atoms with E-state index in [0.717, 1.165) is 0 Å². The van der Waals surface area contributed by atoms with Gasteiger partial charge in [-0.3, -0.25) is 14.4 Å². The van der Waals surface area contributed by atoms with Gasteiger partial charge in [-0.1, -0.05) is 11.6 Å². The number of benzene rings is 1. The number of rotatable bonds is 5. The molecule has 0 saturated heterocycles. The van der Waals surface area contributed by atoms with Crippen molar-refractivity contribution in [3.63, 3.8) is 0 Å². The van der Waals surface area contributed by atoms with E-state index in [1.54, 1.807) is 39.2 Å². The Morgan fingerprint density at radius 3 is 2.37 bits per heavy atom. The highest BCUT2D eigenvalue weighted by Crippen LogP contribution is 2.27. The van der Waals surface area contributed by atoms with E-state index >= 15 is 0 Å². The van der Waals surface area contributed by atoms with Crippen molar-refractivity contribution in [2.45, 2.75) is 6.92 Å². The zero-order valence-electron chi connectivity index (χ0n) is 16.5. The van der Waals surface area contributed by atoms with Crippen molar-refractivity contribution in [3.8, 4) is 0 Å². The number of furan rings is 1. The molecule has 0 unspecified atom stereocenters. The highest BCUT2D eigenvalue weighted by molar-refractivity contribution is 6.31. The Labute approximate surface area is 177 Å². The molecule has 1 aromatic carbocycles. The molecule has 0 atom stereocenters. The van der Waals surface area contributed by atoms with Crippen LogP contribution in [0.1, 0.15) is 37.1 Å². The summed E-state index contributed by atoms with van der Waals surface area (Å²) in [5, 5.41) is 5.78. The minimum atomic E-state index is -0.484. The SMILES string of the molecule is Cc1nc(C(=O)N(C)C)ccc1C(=O)Nc1ccc(Cl)cc1NC(=O)c1ccco1. The van der Waals surface area contributed by atoms with Crippen molar-refractivity contribution >= 4 is 40.7 Å². The van der Waals surface area contributed by atoms with Crippen molar-refractivity contribution in [1.82, 2.24) is 9.88 Å². The lowest BCUT2D eigenvalue weighted by molar-refractivity contribution is 0.0820. The molecule has 154 valence electrons. The summed E-state index contributed by atoms with van der Waals surface area (Å²) in [5.41, 5.74) is 1.59. The zero-order chi connectivity index (χ0) is 21.8. The summed E-state index contributed by atoms with van der Waals surface area (Å²) in [4.78, 5) is 42.8. The highest BCUT2D eigenvalue weighted by atomic mass is 35.5. The summed E-state index contributed by atoms with van der Waals surface area (Å²) >= 11 is 6.04. The average molecular weight is 427 g/mol. The number of anilines is 2. The number of carbonyl (C=O) groups excluding carboxylic acids is 3. The molecule has 2 N–H and O–H groups in total. The monoisotopic (exact) mass is 426 g/mol. The van der Waals surface area contributed by atoms with Crippen molar-refractivity contribution in [3.05, 3.63) is 76.5 Å². The van der Waals surface area contributed by atoms with E-state index in [4.69, 9.17) is 16.0 Å². The van der Waals surface area contributed by atoms with Gasteiger partial charge in [0.15, 0.2) is 5.76 Å². The maximum Gasteiger partial charge on any atom is 0.291 e. The van der Waals surface area contributed by atoms with E-state index < -0.39 is 11.8 Å². The van der Waals surface area contributed by atoms with Crippen LogP contribution in [-0.4, -0.2) is 41.7 Å². The van der Waals surface area contributed by atoms with Crippen LogP contribution in [0.3, 0.4) is 0 Å². The van der Waals surface area contributed by atoms with Crippen LogP contribution in [0.25, 0.3) is 0 Å². The molecule has 30 heavy (non-hydrogen) atoms. The van der Waals surface area contributed by atoms with Gasteiger partial charge >= 0.3 is 0 Å². The normalized spacial score (nSPS) is 10.4. The highest BCUT2D eigenvalue weighted by Gasteiger charge is 2.18. The first-order valence-electron chi connectivity index (χ1n) is 8.91. The van der Waals surface area contributed by atoms with Crippen LogP contribution in [0.4, 0.5) is 11.4 Å². The Morgan fingerprint density at radius 2 is 1.73 bits per heavy atom. The van der Waals surface area contributed by atoms with Crippen LogP contribution in [0, 0.1) is 6.92 Å². The van der Waals surface area contributed by atoms with E-state index in [1.165, 1.54) is 35.4 Å². The fourth-order valence-electron chi connectivity index (χ4n) is 2.66. The van der Waals surface area contributed by atoms with Crippen molar-refractivity contribution in [1.29, 1.82) is 0 Å². The third-order valence-electron chi connectivity index (χ3n) is 4.18. The van der Waals surface area contributed by atoms with Crippen LogP contribution < -0.4 is 10.6 Å². The van der Waals surface area contributed by atoms with Gasteiger partial charge in [-0.05, 0) is 49.4 Å². The fraction of sp³-hybridized carbons (Fsp3) is 0.143. The predicted molar refractivity (Wildman–Crippen MR) is 113 cm³/mol. The van der Waals surface area contributed by atoms with Crippen LogP contribution in [0.5, 0.6) is 0 Å². The number of hydrogen-bond donors (Lipinski definition) is 2. The van der Waals surface area contributed by atoms with Gasteiger partial charge in [0.25, 0.3) is 17.7 Å². The number of aryl methyl sites for hydroxylation is 1. The van der Waals surface area contributed by atoms with Crippen LogP contribution in [0.2, 0.25) is 5.02 Å². The van der Waals surface area contributed by atoms with Crippen LogP contribution in [0.15, 0.2) is 53.1 Å². The van der Waals surface area contributed by atoms with Gasteiger partial charge in [0, 0.05) is 19.1 Å². The van der Waals surface area contributed by atoms with E-state index in [-0.39, 0.29) is 17.4 Å². The summed E-state index contributed by atoms with van der Waals surface area (Å²) in [7, 11) is 3.25. The van der Waals surface area contributed by atoms with Gasteiger partial charge in [0.1, 0.15) is 5.69 Å². The number of nitrogens with zero attached hydrogens (tertiary/aromatic N) is 2. The van der Waals surface area contributed by atoms with Gasteiger partial charge in [0.05, 0.1) is 28.9 Å². The average Bonchev–Trinajstić information content (AvgIpc) is 3.24. The van der Waals surface area contributed by atoms with Gasteiger partial charge < -0.3 is 20.0 Å². The van der Waals surface area contributed by atoms with E-state index in [2.05, 4.69) is 15.6 Å². The maximum atomic E-state index is 12.8. The molecule has 9 heteroatoms. The van der Waals surface area contributed by atoms with Gasteiger partial charge in [-0.25, -0.2) is 4.98 Å². The Kier molecular flexibility index (Phi) is 6.17. The molecule has 0 spiro atoms. The topological polar surface area (TPSA) is 105 Å². The number of halogens is 1.